The number of anilines is 1. The number of halogens is 7. The van der Waals surface area contributed by atoms with Crippen LogP contribution in [0.1, 0.15) is 32.3 Å². The number of nitrogens with zero attached hydrogens (tertiary/aromatic N) is 1. The number of carbonyl (C=O) groups excluding carboxylic acids is 3. The summed E-state index contributed by atoms with van der Waals surface area (Å²) in [6.07, 6.45) is -11.7. The molecule has 4 rings (SSSR count). The predicted molar refractivity (Wildman–Crippen MR) is 138 cm³/mol. The molecule has 2 atom stereocenters. The summed E-state index contributed by atoms with van der Waals surface area (Å²) < 4.78 is 89.6. The minimum Gasteiger partial charge on any atom is -0.489 e. The average molecular weight is 622 g/mol. The molecule has 2 N–H and O–H groups in total. The Bertz CT molecular complexity index is 1360. The highest BCUT2D eigenvalue weighted by atomic mass is 35.5. The first-order valence-electron chi connectivity index (χ1n) is 12.8. The number of amides is 3. The average Bonchev–Trinajstić information content (AvgIpc) is 3.70. The minimum absolute atomic E-state index is 0.221. The van der Waals surface area contributed by atoms with Crippen LogP contribution in [0.3, 0.4) is 0 Å². The molecule has 0 saturated heterocycles. The summed E-state index contributed by atoms with van der Waals surface area (Å²) in [5.74, 6) is -3.71. The number of benzene rings is 2. The van der Waals surface area contributed by atoms with E-state index in [4.69, 9.17) is 16.3 Å². The zero-order chi connectivity index (χ0) is 31.0. The van der Waals surface area contributed by atoms with Gasteiger partial charge < -0.3 is 25.0 Å². The van der Waals surface area contributed by atoms with Gasteiger partial charge in [-0.2, -0.15) is 13.2 Å². The van der Waals surface area contributed by atoms with Gasteiger partial charge in [0.05, 0.1) is 5.69 Å². The quantitative estimate of drug-likeness (QED) is 0.408. The number of carbonyl (C=O) groups is 3. The van der Waals surface area contributed by atoms with E-state index in [9.17, 15) is 40.7 Å². The Hall–Kier alpha value is -3.68. The number of nitrogens with one attached hydrogen (secondary N) is 2. The van der Waals surface area contributed by atoms with E-state index in [1.807, 2.05) is 0 Å². The van der Waals surface area contributed by atoms with Crippen molar-refractivity contribution in [3.63, 3.8) is 0 Å². The molecule has 2 aliphatic rings. The Morgan fingerprint density at radius 1 is 1.12 bits per heavy atom. The maximum atomic E-state index is 13.6. The zero-order valence-electron chi connectivity index (χ0n) is 22.2. The molecule has 0 unspecified atom stereocenters. The van der Waals surface area contributed by atoms with Crippen molar-refractivity contribution in [2.45, 2.75) is 63.8 Å². The normalized spacial score (nSPS) is 18.9. The van der Waals surface area contributed by atoms with E-state index >= 15 is 0 Å². The van der Waals surface area contributed by atoms with Gasteiger partial charge in [-0.3, -0.25) is 14.4 Å². The van der Waals surface area contributed by atoms with Crippen LogP contribution in [-0.4, -0.2) is 55.0 Å². The fourth-order valence-corrected chi connectivity index (χ4v) is 4.79. The molecule has 0 radical (unpaired) electrons. The first-order valence-corrected chi connectivity index (χ1v) is 13.2. The molecule has 1 heterocycles. The molecule has 228 valence electrons. The molecule has 15 heteroatoms. The number of hydrogen-bond acceptors (Lipinski definition) is 5. The molecule has 8 nitrogen and oxygen atoms in total. The van der Waals surface area contributed by atoms with E-state index in [1.165, 1.54) is 35.2 Å². The molecular weight excluding hydrogens is 596 g/mol. The third kappa shape index (κ3) is 6.69. The van der Waals surface area contributed by atoms with Crippen LogP contribution in [0.4, 0.5) is 32.0 Å². The number of alkyl halides is 6. The second kappa shape index (κ2) is 11.5. The first-order chi connectivity index (χ1) is 19.5. The molecule has 2 aromatic carbocycles. The highest BCUT2D eigenvalue weighted by Gasteiger charge is 2.68. The number of hydrogen-bond donors (Lipinski definition) is 2. The summed E-state index contributed by atoms with van der Waals surface area (Å²) in [6.45, 7) is 3.00. The van der Waals surface area contributed by atoms with Gasteiger partial charge in [-0.25, -0.2) is 0 Å². The van der Waals surface area contributed by atoms with E-state index < -0.39 is 85.4 Å². The molecular formula is C27H26ClF6N3O5. The summed E-state index contributed by atoms with van der Waals surface area (Å²) in [6, 6.07) is 5.64. The van der Waals surface area contributed by atoms with E-state index in [-0.39, 0.29) is 11.3 Å². The van der Waals surface area contributed by atoms with Crippen LogP contribution in [0.15, 0.2) is 42.5 Å². The highest BCUT2D eigenvalue weighted by molar-refractivity contribution is 6.30. The van der Waals surface area contributed by atoms with Gasteiger partial charge in [-0.1, -0.05) is 29.8 Å². The Kier molecular flexibility index (Phi) is 8.59. The molecule has 3 amide bonds. The highest BCUT2D eigenvalue weighted by Crippen LogP contribution is 2.57. The third-order valence-electron chi connectivity index (χ3n) is 6.93. The van der Waals surface area contributed by atoms with Crippen molar-refractivity contribution in [2.24, 2.45) is 5.41 Å². The van der Waals surface area contributed by atoms with E-state index in [0.717, 1.165) is 6.07 Å². The lowest BCUT2D eigenvalue weighted by atomic mass is 10.0. The van der Waals surface area contributed by atoms with Crippen LogP contribution in [0.5, 0.6) is 11.5 Å². The van der Waals surface area contributed by atoms with Gasteiger partial charge in [0.2, 0.25) is 11.8 Å². The first kappa shape index (κ1) is 31.3. The van der Waals surface area contributed by atoms with Crippen LogP contribution in [0.2, 0.25) is 5.02 Å². The molecule has 2 aromatic rings. The summed E-state index contributed by atoms with van der Waals surface area (Å²) in [5, 5.41) is 4.77. The van der Waals surface area contributed by atoms with Gasteiger partial charge >= 0.3 is 12.5 Å². The maximum Gasteiger partial charge on any atom is 0.573 e. The Morgan fingerprint density at radius 3 is 2.38 bits per heavy atom. The lowest BCUT2D eigenvalue weighted by molar-refractivity contribution is -0.274. The molecule has 1 fully saturated rings. The van der Waals surface area contributed by atoms with Crippen molar-refractivity contribution >= 4 is 35.0 Å². The molecule has 0 spiro atoms. The minimum atomic E-state index is -5.10. The van der Waals surface area contributed by atoms with Crippen LogP contribution in [0.25, 0.3) is 0 Å². The number of fused-ring (bicyclic) bond motifs is 1. The van der Waals surface area contributed by atoms with Crippen molar-refractivity contribution in [3.05, 3.63) is 53.1 Å². The number of ether oxygens (including phenoxy) is 2. The van der Waals surface area contributed by atoms with E-state index in [0.29, 0.717) is 10.7 Å². The lowest BCUT2D eigenvalue weighted by Crippen LogP contribution is -2.58. The smallest absolute Gasteiger partial charge is 0.489 e. The predicted octanol–water partition coefficient (Wildman–Crippen LogP) is 4.93. The topological polar surface area (TPSA) is 97.0 Å². The molecule has 0 bridgehead atoms. The molecule has 1 aliphatic heterocycles. The number of para-hydroxylation sites is 1. The van der Waals surface area contributed by atoms with Crippen molar-refractivity contribution in [1.82, 2.24) is 10.6 Å². The third-order valence-corrected chi connectivity index (χ3v) is 7.16. The van der Waals surface area contributed by atoms with Gasteiger partial charge in [0.15, 0.2) is 0 Å². The summed E-state index contributed by atoms with van der Waals surface area (Å²) in [5.41, 5.74) is -2.58. The van der Waals surface area contributed by atoms with Crippen LogP contribution >= 0.6 is 11.6 Å². The second-order valence-corrected chi connectivity index (χ2v) is 10.7. The summed E-state index contributed by atoms with van der Waals surface area (Å²) in [4.78, 5) is 41.1. The van der Waals surface area contributed by atoms with Crippen molar-refractivity contribution in [2.75, 3.05) is 11.5 Å². The second-order valence-electron chi connectivity index (χ2n) is 10.3. The molecule has 0 aromatic heterocycles. The Labute approximate surface area is 241 Å². The van der Waals surface area contributed by atoms with E-state index in [2.05, 4.69) is 15.4 Å². The largest absolute Gasteiger partial charge is 0.573 e. The Morgan fingerprint density at radius 2 is 1.79 bits per heavy atom. The fourth-order valence-electron chi connectivity index (χ4n) is 4.63. The van der Waals surface area contributed by atoms with Crippen molar-refractivity contribution < 1.29 is 50.2 Å². The number of rotatable bonds is 8. The molecule has 1 aliphatic carbocycles. The van der Waals surface area contributed by atoms with Gasteiger partial charge in [-0.15, -0.1) is 13.2 Å². The maximum absolute atomic E-state index is 13.6. The standard InChI is InChI=1S/C27H26ClF6N3O5/c1-14(2)37-19-8-7-16(28)12-21(19)41-13-18(23(37)39)35-22(38)17(36-24(40)25(9-10-25)26(29,30)31)11-15-5-3-4-6-20(15)42-27(32,33)34/h3-8,12,14,17-18H,9-11,13H2,1-2H3,(H,35,38)(H,36,40)/t17-,18-/m1/s1. The van der Waals surface area contributed by atoms with Crippen molar-refractivity contribution in [3.8, 4) is 11.5 Å². The Balaban J connectivity index is 1.63. The summed E-state index contributed by atoms with van der Waals surface area (Å²) >= 11 is 6.05. The van der Waals surface area contributed by atoms with Gasteiger partial charge in [-0.05, 0) is 50.5 Å². The monoisotopic (exact) mass is 621 g/mol. The zero-order valence-corrected chi connectivity index (χ0v) is 23.0. The SMILES string of the molecule is CC(C)N1C(=O)[C@H](NC(=O)[C@@H](Cc2ccccc2OC(F)(F)F)NC(=O)C2(C(F)(F)F)CC2)COc2cc(Cl)ccc21. The summed E-state index contributed by atoms with van der Waals surface area (Å²) in [7, 11) is 0. The van der Waals surface area contributed by atoms with Gasteiger partial charge in [0.25, 0.3) is 5.91 Å². The molecule has 42 heavy (non-hydrogen) atoms. The lowest BCUT2D eigenvalue weighted by Gasteiger charge is -2.29. The van der Waals surface area contributed by atoms with Crippen LogP contribution in [0, 0.1) is 5.41 Å². The van der Waals surface area contributed by atoms with E-state index in [1.54, 1.807) is 19.9 Å². The van der Waals surface area contributed by atoms with Crippen LogP contribution in [-0.2, 0) is 20.8 Å². The fraction of sp³-hybridized carbons (Fsp3) is 0.444. The van der Waals surface area contributed by atoms with Crippen molar-refractivity contribution in [1.29, 1.82) is 0 Å². The van der Waals surface area contributed by atoms with Gasteiger partial charge in [0.1, 0.15) is 35.6 Å². The van der Waals surface area contributed by atoms with Crippen LogP contribution < -0.4 is 25.0 Å². The molecule has 1 saturated carbocycles. The van der Waals surface area contributed by atoms with Gasteiger partial charge in [0, 0.05) is 23.6 Å².